The van der Waals surface area contributed by atoms with Gasteiger partial charge < -0.3 is 9.84 Å². The second-order valence-electron chi connectivity index (χ2n) is 3.76. The summed E-state index contributed by atoms with van der Waals surface area (Å²) in [4.78, 5) is 1.59. The number of hydrogen-bond donors (Lipinski definition) is 1. The lowest BCUT2D eigenvalue weighted by molar-refractivity contribution is -0.275. The molecule has 0 bridgehead atoms. The second-order valence-corrected chi connectivity index (χ2v) is 3.76. The Labute approximate surface area is 102 Å². The fourth-order valence-corrected chi connectivity index (χ4v) is 1.42. The molecule has 0 aliphatic rings. The molecule has 1 aromatic carbocycles. The van der Waals surface area contributed by atoms with Crippen LogP contribution in [0.2, 0.25) is 0 Å². The lowest BCUT2D eigenvalue weighted by atomic mass is 10.2. The predicted molar refractivity (Wildman–Crippen MR) is 56.5 cm³/mol. The van der Waals surface area contributed by atoms with Crippen molar-refractivity contribution in [2.45, 2.75) is 12.9 Å². The van der Waals surface area contributed by atoms with Gasteiger partial charge in [-0.05, 0) is 13.1 Å². The van der Waals surface area contributed by atoms with E-state index < -0.39 is 17.9 Å². The minimum atomic E-state index is -4.86. The number of aliphatic hydroxyl groups is 1. The maximum atomic E-state index is 12.9. The quantitative estimate of drug-likeness (QED) is 0.830. The largest absolute Gasteiger partial charge is 0.573 e. The van der Waals surface area contributed by atoms with Crippen LogP contribution in [0.1, 0.15) is 5.56 Å². The molecular weight excluding hydrogens is 254 g/mol. The molecule has 0 fully saturated rings. The summed E-state index contributed by atoms with van der Waals surface area (Å²) in [6, 6.07) is 2.98. The third-order valence-electron chi connectivity index (χ3n) is 2.18. The summed E-state index contributed by atoms with van der Waals surface area (Å²) in [5.74, 6) is -1.37. The summed E-state index contributed by atoms with van der Waals surface area (Å²) in [6.45, 7) is 0.294. The monoisotopic (exact) mass is 267 g/mol. The molecule has 18 heavy (non-hydrogen) atoms. The van der Waals surface area contributed by atoms with Crippen LogP contribution in [-0.2, 0) is 6.54 Å². The number of likely N-dealkylation sites (N-methyl/N-ethyl adjacent to an activating group) is 1. The predicted octanol–water partition coefficient (Wildman–Crippen LogP) is 2.15. The van der Waals surface area contributed by atoms with Crippen LogP contribution in [0, 0.1) is 5.82 Å². The molecule has 3 nitrogen and oxygen atoms in total. The third-order valence-corrected chi connectivity index (χ3v) is 2.18. The van der Waals surface area contributed by atoms with E-state index in [1.165, 1.54) is 6.07 Å². The first-order valence-corrected chi connectivity index (χ1v) is 5.15. The maximum absolute atomic E-state index is 12.9. The zero-order valence-corrected chi connectivity index (χ0v) is 9.67. The molecule has 0 aromatic heterocycles. The van der Waals surface area contributed by atoms with E-state index >= 15 is 0 Å². The molecule has 0 heterocycles. The van der Waals surface area contributed by atoms with Gasteiger partial charge in [0.1, 0.15) is 11.6 Å². The van der Waals surface area contributed by atoms with Crippen molar-refractivity contribution >= 4 is 0 Å². The highest BCUT2D eigenvalue weighted by Gasteiger charge is 2.32. The Kier molecular flexibility index (Phi) is 4.92. The van der Waals surface area contributed by atoms with E-state index in [1.807, 2.05) is 0 Å². The van der Waals surface area contributed by atoms with Crippen LogP contribution in [0.3, 0.4) is 0 Å². The van der Waals surface area contributed by atoms with Gasteiger partial charge in [-0.3, -0.25) is 4.90 Å². The molecule has 0 amide bonds. The van der Waals surface area contributed by atoms with E-state index in [2.05, 4.69) is 4.74 Å². The summed E-state index contributed by atoms with van der Waals surface area (Å²) in [5, 5.41) is 8.70. The molecule has 0 radical (unpaired) electrons. The highest BCUT2D eigenvalue weighted by Crippen LogP contribution is 2.27. The van der Waals surface area contributed by atoms with Crippen LogP contribution in [-0.4, -0.2) is 36.6 Å². The normalized spacial score (nSPS) is 11.9. The first-order valence-electron chi connectivity index (χ1n) is 5.15. The smallest absolute Gasteiger partial charge is 0.405 e. The zero-order chi connectivity index (χ0) is 13.8. The second kappa shape index (κ2) is 6.01. The van der Waals surface area contributed by atoms with Gasteiger partial charge in [-0.25, -0.2) is 4.39 Å². The van der Waals surface area contributed by atoms with Gasteiger partial charge >= 0.3 is 6.36 Å². The molecular formula is C11H13F4NO2. The number of ether oxygens (including phenoxy) is 1. The number of benzene rings is 1. The SMILES string of the molecule is CN(CCO)Cc1ccc(F)cc1OC(F)(F)F. The summed E-state index contributed by atoms with van der Waals surface area (Å²) >= 11 is 0. The van der Waals surface area contributed by atoms with Crippen molar-refractivity contribution in [3.8, 4) is 5.75 Å². The van der Waals surface area contributed by atoms with Gasteiger partial charge in [0.05, 0.1) is 6.61 Å². The van der Waals surface area contributed by atoms with Crippen LogP contribution >= 0.6 is 0 Å². The molecule has 0 saturated heterocycles. The summed E-state index contributed by atoms with van der Waals surface area (Å²) in [5.41, 5.74) is 0.199. The minimum Gasteiger partial charge on any atom is -0.405 e. The van der Waals surface area contributed by atoms with E-state index in [1.54, 1.807) is 11.9 Å². The Bertz CT molecular complexity index is 395. The summed E-state index contributed by atoms with van der Waals surface area (Å²) < 4.78 is 53.1. The van der Waals surface area contributed by atoms with Crippen molar-refractivity contribution in [1.29, 1.82) is 0 Å². The molecule has 1 rings (SSSR count). The number of halogens is 4. The summed E-state index contributed by atoms with van der Waals surface area (Å²) in [6.07, 6.45) is -4.86. The summed E-state index contributed by atoms with van der Waals surface area (Å²) in [7, 11) is 1.62. The lowest BCUT2D eigenvalue weighted by Gasteiger charge is -2.18. The lowest BCUT2D eigenvalue weighted by Crippen LogP contribution is -2.23. The number of aliphatic hydroxyl groups excluding tert-OH is 1. The Morgan fingerprint density at radius 3 is 2.56 bits per heavy atom. The molecule has 0 atom stereocenters. The van der Waals surface area contributed by atoms with E-state index in [0.29, 0.717) is 12.6 Å². The fourth-order valence-electron chi connectivity index (χ4n) is 1.42. The topological polar surface area (TPSA) is 32.7 Å². The highest BCUT2D eigenvalue weighted by atomic mass is 19.4. The van der Waals surface area contributed by atoms with Gasteiger partial charge in [-0.2, -0.15) is 0 Å². The fraction of sp³-hybridized carbons (Fsp3) is 0.455. The van der Waals surface area contributed by atoms with E-state index in [9.17, 15) is 17.6 Å². The van der Waals surface area contributed by atoms with Crippen LogP contribution in [0.25, 0.3) is 0 Å². The third kappa shape index (κ3) is 4.89. The first-order chi connectivity index (χ1) is 8.31. The Morgan fingerprint density at radius 2 is 2.00 bits per heavy atom. The molecule has 1 aromatic rings. The maximum Gasteiger partial charge on any atom is 0.573 e. The molecule has 0 aliphatic carbocycles. The van der Waals surface area contributed by atoms with Crippen LogP contribution in [0.5, 0.6) is 5.75 Å². The number of rotatable bonds is 5. The van der Waals surface area contributed by atoms with Crippen LogP contribution < -0.4 is 4.74 Å². The number of hydrogen-bond acceptors (Lipinski definition) is 3. The highest BCUT2D eigenvalue weighted by molar-refractivity contribution is 5.34. The average Bonchev–Trinajstić information content (AvgIpc) is 2.20. The minimum absolute atomic E-state index is 0.117. The Hall–Kier alpha value is -1.34. The standard InChI is InChI=1S/C11H13F4NO2/c1-16(4-5-17)7-8-2-3-9(12)6-10(8)18-11(13,14)15/h2-3,6,17H,4-5,7H2,1H3. The Morgan fingerprint density at radius 1 is 1.33 bits per heavy atom. The van der Waals surface area contributed by atoms with Crippen LogP contribution in [0.4, 0.5) is 17.6 Å². The van der Waals surface area contributed by atoms with Gasteiger partial charge in [0.25, 0.3) is 0 Å². The molecule has 0 spiro atoms. The molecule has 0 aliphatic heterocycles. The van der Waals surface area contributed by atoms with Crippen molar-refractivity contribution in [3.63, 3.8) is 0 Å². The van der Waals surface area contributed by atoms with Crippen molar-refractivity contribution in [2.24, 2.45) is 0 Å². The van der Waals surface area contributed by atoms with Gasteiger partial charge in [0.2, 0.25) is 0 Å². The van der Waals surface area contributed by atoms with Gasteiger partial charge in [0, 0.05) is 24.7 Å². The van der Waals surface area contributed by atoms with Gasteiger partial charge in [0.15, 0.2) is 0 Å². The van der Waals surface area contributed by atoms with Gasteiger partial charge in [-0.1, -0.05) is 6.07 Å². The van der Waals surface area contributed by atoms with E-state index in [4.69, 9.17) is 5.11 Å². The van der Waals surface area contributed by atoms with Gasteiger partial charge in [-0.15, -0.1) is 13.2 Å². The van der Waals surface area contributed by atoms with Crippen LogP contribution in [0.15, 0.2) is 18.2 Å². The van der Waals surface area contributed by atoms with E-state index in [-0.39, 0.29) is 18.7 Å². The molecule has 7 heteroatoms. The van der Waals surface area contributed by atoms with Crippen molar-refractivity contribution in [2.75, 3.05) is 20.2 Å². The molecule has 0 unspecified atom stereocenters. The first kappa shape index (κ1) is 14.7. The van der Waals surface area contributed by atoms with Crippen molar-refractivity contribution in [3.05, 3.63) is 29.6 Å². The number of alkyl halides is 3. The van der Waals surface area contributed by atoms with E-state index in [0.717, 1.165) is 6.07 Å². The average molecular weight is 267 g/mol. The van der Waals surface area contributed by atoms with Crippen molar-refractivity contribution in [1.82, 2.24) is 4.90 Å². The zero-order valence-electron chi connectivity index (χ0n) is 9.67. The Balaban J connectivity index is 2.89. The molecule has 102 valence electrons. The van der Waals surface area contributed by atoms with Crippen molar-refractivity contribution < 1.29 is 27.4 Å². The molecule has 1 N–H and O–H groups in total. The number of nitrogens with zero attached hydrogens (tertiary/aromatic N) is 1. The molecule has 0 saturated carbocycles.